The van der Waals surface area contributed by atoms with Crippen LogP contribution in [-0.4, -0.2) is 17.5 Å². The highest BCUT2D eigenvalue weighted by molar-refractivity contribution is 5.98. The highest BCUT2D eigenvalue weighted by atomic mass is 16.5. The molecular weight excluding hydrogens is 332 g/mol. The van der Waals surface area contributed by atoms with Crippen LogP contribution in [0.5, 0.6) is 0 Å². The lowest BCUT2D eigenvalue weighted by atomic mass is 10.0. The first-order valence-electron chi connectivity index (χ1n) is 9.33. The summed E-state index contributed by atoms with van der Waals surface area (Å²) in [6.45, 7) is 8.93. The zero-order valence-electron chi connectivity index (χ0n) is 16.3. The summed E-state index contributed by atoms with van der Waals surface area (Å²) in [6, 6.07) is 17.1. The van der Waals surface area contributed by atoms with E-state index in [4.69, 9.17) is 9.73 Å². The maximum Gasteiger partial charge on any atom is 0.217 e. The molecule has 1 unspecified atom stereocenters. The van der Waals surface area contributed by atoms with Crippen molar-refractivity contribution in [2.45, 2.75) is 33.7 Å². The molecule has 3 heteroatoms. The second-order valence-electron chi connectivity index (χ2n) is 7.28. The van der Waals surface area contributed by atoms with Gasteiger partial charge in [0, 0.05) is 23.0 Å². The van der Waals surface area contributed by atoms with Gasteiger partial charge in [-0.15, -0.1) is 0 Å². The number of ether oxygens (including phenoxy) is 1. The average Bonchev–Trinajstić information content (AvgIpc) is 3.14. The molecule has 0 aliphatic carbocycles. The number of aryl methyl sites for hydroxylation is 4. The fourth-order valence-corrected chi connectivity index (χ4v) is 3.53. The zero-order valence-corrected chi connectivity index (χ0v) is 16.3. The third-order valence-corrected chi connectivity index (χ3v) is 5.31. The Morgan fingerprint density at radius 2 is 1.56 bits per heavy atom. The molecule has 2 aromatic carbocycles. The summed E-state index contributed by atoms with van der Waals surface area (Å²) in [5, 5.41) is 0. The fourth-order valence-electron chi connectivity index (χ4n) is 3.53. The van der Waals surface area contributed by atoms with E-state index in [9.17, 15) is 0 Å². The molecule has 0 radical (unpaired) electrons. The van der Waals surface area contributed by atoms with E-state index in [0.29, 0.717) is 6.61 Å². The molecule has 0 saturated heterocycles. The van der Waals surface area contributed by atoms with Crippen LogP contribution in [0.3, 0.4) is 0 Å². The Kier molecular flexibility index (Phi) is 4.53. The van der Waals surface area contributed by atoms with Crippen LogP contribution in [0.2, 0.25) is 0 Å². The largest absolute Gasteiger partial charge is 0.475 e. The van der Waals surface area contributed by atoms with Crippen LogP contribution in [0.4, 0.5) is 0 Å². The maximum atomic E-state index is 5.95. The molecule has 27 heavy (non-hydrogen) atoms. The summed E-state index contributed by atoms with van der Waals surface area (Å²) in [5.74, 6) is 0.762. The van der Waals surface area contributed by atoms with Crippen LogP contribution in [0.15, 0.2) is 59.7 Å². The molecule has 0 saturated carbocycles. The number of benzene rings is 2. The molecule has 1 aliphatic heterocycles. The highest BCUT2D eigenvalue weighted by Crippen LogP contribution is 2.29. The highest BCUT2D eigenvalue weighted by Gasteiger charge is 2.23. The van der Waals surface area contributed by atoms with Crippen molar-refractivity contribution in [1.82, 2.24) is 4.98 Å². The summed E-state index contributed by atoms with van der Waals surface area (Å²) in [4.78, 5) is 9.33. The summed E-state index contributed by atoms with van der Waals surface area (Å²) in [7, 11) is 0. The van der Waals surface area contributed by atoms with Crippen molar-refractivity contribution in [3.8, 4) is 11.1 Å². The van der Waals surface area contributed by atoms with Crippen LogP contribution < -0.4 is 0 Å². The van der Waals surface area contributed by atoms with E-state index in [1.165, 1.54) is 27.8 Å². The van der Waals surface area contributed by atoms with Gasteiger partial charge in [-0.25, -0.2) is 4.99 Å². The third kappa shape index (κ3) is 3.37. The predicted octanol–water partition coefficient (Wildman–Crippen LogP) is 5.50. The first kappa shape index (κ1) is 17.5. The minimum atomic E-state index is 0.0472. The molecule has 4 rings (SSSR count). The van der Waals surface area contributed by atoms with E-state index in [1.54, 1.807) is 0 Å². The first-order chi connectivity index (χ1) is 13.0. The van der Waals surface area contributed by atoms with E-state index in [0.717, 1.165) is 22.7 Å². The summed E-state index contributed by atoms with van der Waals surface area (Å²) in [5.41, 5.74) is 9.31. The number of nitrogens with zero attached hydrogens (tertiary/aromatic N) is 2. The Labute approximate surface area is 160 Å². The number of pyridine rings is 1. The van der Waals surface area contributed by atoms with Crippen LogP contribution in [0, 0.1) is 27.7 Å². The van der Waals surface area contributed by atoms with Gasteiger partial charge < -0.3 is 4.74 Å². The second-order valence-corrected chi connectivity index (χ2v) is 7.28. The van der Waals surface area contributed by atoms with Crippen LogP contribution in [-0.2, 0) is 4.74 Å². The van der Waals surface area contributed by atoms with Gasteiger partial charge in [0.2, 0.25) is 5.90 Å². The average molecular weight is 356 g/mol. The van der Waals surface area contributed by atoms with Crippen molar-refractivity contribution in [2.75, 3.05) is 6.61 Å². The van der Waals surface area contributed by atoms with Gasteiger partial charge in [0.25, 0.3) is 0 Å². The van der Waals surface area contributed by atoms with Crippen molar-refractivity contribution in [3.63, 3.8) is 0 Å². The van der Waals surface area contributed by atoms with Crippen molar-refractivity contribution < 1.29 is 4.74 Å². The topological polar surface area (TPSA) is 34.5 Å². The lowest BCUT2D eigenvalue weighted by molar-refractivity contribution is 0.319. The van der Waals surface area contributed by atoms with E-state index in [-0.39, 0.29) is 6.04 Å². The molecule has 3 nitrogen and oxygen atoms in total. The number of hydrogen-bond donors (Lipinski definition) is 0. The van der Waals surface area contributed by atoms with Gasteiger partial charge in [-0.1, -0.05) is 42.5 Å². The normalized spacial score (nSPS) is 16.1. The molecule has 0 amide bonds. The molecular formula is C24H24N2O. The van der Waals surface area contributed by atoms with Crippen LogP contribution >= 0.6 is 0 Å². The minimum absolute atomic E-state index is 0.0472. The Morgan fingerprint density at radius 1 is 0.852 bits per heavy atom. The quantitative estimate of drug-likeness (QED) is 0.621. The molecule has 1 atom stereocenters. The monoisotopic (exact) mass is 356 g/mol. The second kappa shape index (κ2) is 6.99. The van der Waals surface area contributed by atoms with Gasteiger partial charge in [0.05, 0.1) is 0 Å². The number of hydrogen-bond acceptors (Lipinski definition) is 3. The molecule has 0 bridgehead atoms. The van der Waals surface area contributed by atoms with Crippen molar-refractivity contribution in [1.29, 1.82) is 0 Å². The standard InChI is InChI=1S/C24H24N2O/c1-15-6-5-7-16(2)23(15)24-26-22(14-27-24)20-10-8-19(9-11-20)21-12-17(3)18(4)25-13-21/h5-13,22H,14H2,1-4H3. The van der Waals surface area contributed by atoms with Crippen molar-refractivity contribution >= 4 is 5.90 Å². The molecule has 3 aromatic rings. The smallest absolute Gasteiger partial charge is 0.217 e. The predicted molar refractivity (Wildman–Crippen MR) is 110 cm³/mol. The van der Waals surface area contributed by atoms with Crippen molar-refractivity contribution in [2.24, 2.45) is 4.99 Å². The molecule has 0 N–H and O–H groups in total. The van der Waals surface area contributed by atoms with Gasteiger partial charge in [0.1, 0.15) is 12.6 Å². The number of aromatic nitrogens is 1. The maximum absolute atomic E-state index is 5.95. The Morgan fingerprint density at radius 3 is 2.22 bits per heavy atom. The van der Waals surface area contributed by atoms with Gasteiger partial charge in [-0.2, -0.15) is 0 Å². The molecule has 136 valence electrons. The van der Waals surface area contributed by atoms with E-state index >= 15 is 0 Å². The number of aliphatic imine (C=N–C) groups is 1. The lowest BCUT2D eigenvalue weighted by Gasteiger charge is -2.08. The van der Waals surface area contributed by atoms with Crippen LogP contribution in [0.1, 0.15) is 39.6 Å². The SMILES string of the molecule is Cc1cc(-c2ccc(C3COC(c4c(C)cccc4C)=N3)cc2)cnc1C. The van der Waals surface area contributed by atoms with E-state index < -0.39 is 0 Å². The zero-order chi connectivity index (χ0) is 19.0. The molecule has 0 fully saturated rings. The van der Waals surface area contributed by atoms with Gasteiger partial charge in [-0.3, -0.25) is 4.98 Å². The fraction of sp³-hybridized carbons (Fsp3) is 0.250. The summed E-state index contributed by atoms with van der Waals surface area (Å²) >= 11 is 0. The summed E-state index contributed by atoms with van der Waals surface area (Å²) in [6.07, 6.45) is 1.94. The third-order valence-electron chi connectivity index (χ3n) is 5.31. The van der Waals surface area contributed by atoms with Gasteiger partial charge in [0.15, 0.2) is 0 Å². The van der Waals surface area contributed by atoms with Gasteiger partial charge in [-0.05, 0) is 61.6 Å². The molecule has 2 heterocycles. The molecule has 1 aromatic heterocycles. The lowest BCUT2D eigenvalue weighted by Crippen LogP contribution is -2.05. The molecule has 1 aliphatic rings. The summed E-state index contributed by atoms with van der Waals surface area (Å²) < 4.78 is 5.95. The van der Waals surface area contributed by atoms with Crippen LogP contribution in [0.25, 0.3) is 11.1 Å². The Bertz CT molecular complexity index is 999. The minimum Gasteiger partial charge on any atom is -0.475 e. The first-order valence-corrected chi connectivity index (χ1v) is 9.33. The molecule has 0 spiro atoms. The van der Waals surface area contributed by atoms with E-state index in [1.807, 2.05) is 13.1 Å². The Hall–Kier alpha value is -2.94. The van der Waals surface area contributed by atoms with E-state index in [2.05, 4.69) is 74.3 Å². The van der Waals surface area contributed by atoms with Crippen molar-refractivity contribution in [3.05, 3.63) is 88.2 Å². The Balaban J connectivity index is 1.60. The number of rotatable bonds is 3. The van der Waals surface area contributed by atoms with Gasteiger partial charge >= 0.3 is 0 Å².